The van der Waals surface area contributed by atoms with Crippen molar-refractivity contribution in [3.8, 4) is 0 Å². The topological polar surface area (TPSA) is 75.5 Å². The van der Waals surface area contributed by atoms with Crippen LogP contribution in [0.2, 0.25) is 0 Å². The zero-order valence-corrected chi connectivity index (χ0v) is 14.0. The van der Waals surface area contributed by atoms with E-state index in [0.717, 1.165) is 25.1 Å². The molecule has 1 aliphatic rings. The van der Waals surface area contributed by atoms with E-state index < -0.39 is 10.5 Å². The highest BCUT2D eigenvalue weighted by Gasteiger charge is 2.25. The first-order valence-corrected chi connectivity index (χ1v) is 8.07. The molecule has 1 fully saturated rings. The highest BCUT2D eigenvalue weighted by molar-refractivity contribution is 5.78. The quantitative estimate of drug-likeness (QED) is 0.669. The molecule has 0 bridgehead atoms. The Kier molecular flexibility index (Phi) is 5.36. The first-order valence-electron chi connectivity index (χ1n) is 8.07. The van der Waals surface area contributed by atoms with Crippen LogP contribution in [-0.4, -0.2) is 35.4 Å². The molecule has 1 unspecified atom stereocenters. The summed E-state index contributed by atoms with van der Waals surface area (Å²) in [6.45, 7) is 8.06. The molecule has 1 saturated heterocycles. The first kappa shape index (κ1) is 17.4. The van der Waals surface area contributed by atoms with Gasteiger partial charge in [-0.25, -0.2) is 0 Å². The fourth-order valence-corrected chi connectivity index (χ4v) is 2.93. The number of carbonyl (C=O) groups is 1. The summed E-state index contributed by atoms with van der Waals surface area (Å²) >= 11 is 0. The maximum atomic E-state index is 12.3. The van der Waals surface area contributed by atoms with Crippen LogP contribution in [-0.2, 0) is 10.3 Å². The van der Waals surface area contributed by atoms with Gasteiger partial charge >= 0.3 is 0 Å². The fourth-order valence-electron chi connectivity index (χ4n) is 2.93. The Hall–Kier alpha value is -1.95. The van der Waals surface area contributed by atoms with Gasteiger partial charge in [-0.05, 0) is 38.2 Å². The summed E-state index contributed by atoms with van der Waals surface area (Å²) in [6.07, 6.45) is 2.25. The molecule has 126 valence electrons. The molecule has 23 heavy (non-hydrogen) atoms. The van der Waals surface area contributed by atoms with E-state index in [0.29, 0.717) is 5.92 Å². The number of non-ortho nitro benzene ring substituents is 1. The number of hydrogen-bond acceptors (Lipinski definition) is 4. The standard InChI is InChI=1S/C17H25N3O3/c1-13-5-4-10-19(12-13)16(21)11-18-17(2,3)14-6-8-15(9-7-14)20(22)23/h6-9,13,18H,4-5,10-12H2,1-3H3. The number of carbonyl (C=O) groups excluding carboxylic acids is 1. The molecule has 0 saturated carbocycles. The lowest BCUT2D eigenvalue weighted by atomic mass is 9.94. The molecular formula is C17H25N3O3. The smallest absolute Gasteiger partial charge is 0.269 e. The predicted molar refractivity (Wildman–Crippen MR) is 89.1 cm³/mol. The van der Waals surface area contributed by atoms with Gasteiger partial charge < -0.3 is 4.90 Å². The average molecular weight is 319 g/mol. The van der Waals surface area contributed by atoms with E-state index in [4.69, 9.17) is 0 Å². The van der Waals surface area contributed by atoms with E-state index in [1.807, 2.05) is 18.7 Å². The Morgan fingerprint density at radius 2 is 2.04 bits per heavy atom. The van der Waals surface area contributed by atoms with Gasteiger partial charge in [-0.2, -0.15) is 0 Å². The van der Waals surface area contributed by atoms with Crippen molar-refractivity contribution >= 4 is 11.6 Å². The van der Waals surface area contributed by atoms with E-state index in [9.17, 15) is 14.9 Å². The van der Waals surface area contributed by atoms with Crippen LogP contribution in [0, 0.1) is 16.0 Å². The number of nitrogens with zero attached hydrogens (tertiary/aromatic N) is 2. The number of amides is 1. The van der Waals surface area contributed by atoms with Crippen molar-refractivity contribution in [3.63, 3.8) is 0 Å². The van der Waals surface area contributed by atoms with Crippen molar-refractivity contribution < 1.29 is 9.72 Å². The summed E-state index contributed by atoms with van der Waals surface area (Å²) < 4.78 is 0. The molecule has 2 rings (SSSR count). The summed E-state index contributed by atoms with van der Waals surface area (Å²) in [4.78, 5) is 24.6. The Balaban J connectivity index is 1.95. The third-order valence-electron chi connectivity index (χ3n) is 4.49. The Morgan fingerprint density at radius 1 is 1.39 bits per heavy atom. The molecule has 1 aromatic rings. The van der Waals surface area contributed by atoms with Gasteiger partial charge in [0.15, 0.2) is 0 Å². The molecule has 1 aliphatic heterocycles. The van der Waals surface area contributed by atoms with Crippen LogP contribution >= 0.6 is 0 Å². The second kappa shape index (κ2) is 7.08. The molecule has 1 atom stereocenters. The number of nitro benzene ring substituents is 1. The van der Waals surface area contributed by atoms with Gasteiger partial charge in [-0.15, -0.1) is 0 Å². The molecule has 0 radical (unpaired) electrons. The second-order valence-electron chi connectivity index (χ2n) is 6.87. The van der Waals surface area contributed by atoms with E-state index in [2.05, 4.69) is 12.2 Å². The third kappa shape index (κ3) is 4.51. The lowest BCUT2D eigenvalue weighted by Crippen LogP contribution is -2.47. The van der Waals surface area contributed by atoms with Crippen molar-refractivity contribution in [2.75, 3.05) is 19.6 Å². The molecule has 1 aromatic carbocycles. The van der Waals surface area contributed by atoms with Crippen LogP contribution in [0.4, 0.5) is 5.69 Å². The van der Waals surface area contributed by atoms with Gasteiger partial charge in [-0.1, -0.05) is 19.1 Å². The SMILES string of the molecule is CC1CCCN(C(=O)CNC(C)(C)c2ccc([N+](=O)[O-])cc2)C1. The molecule has 0 spiro atoms. The first-order chi connectivity index (χ1) is 10.8. The van der Waals surface area contributed by atoms with Gasteiger partial charge in [-0.3, -0.25) is 20.2 Å². The summed E-state index contributed by atoms with van der Waals surface area (Å²) in [5, 5.41) is 14.0. The molecular weight excluding hydrogens is 294 g/mol. The van der Waals surface area contributed by atoms with Gasteiger partial charge in [0.2, 0.25) is 5.91 Å². The third-order valence-corrected chi connectivity index (χ3v) is 4.49. The van der Waals surface area contributed by atoms with Crippen molar-refractivity contribution in [2.24, 2.45) is 5.92 Å². The average Bonchev–Trinajstić information content (AvgIpc) is 2.52. The van der Waals surface area contributed by atoms with Crippen LogP contribution < -0.4 is 5.32 Å². The van der Waals surface area contributed by atoms with Crippen molar-refractivity contribution in [1.82, 2.24) is 10.2 Å². The van der Waals surface area contributed by atoms with E-state index >= 15 is 0 Å². The zero-order valence-electron chi connectivity index (χ0n) is 14.0. The van der Waals surface area contributed by atoms with E-state index in [-0.39, 0.29) is 18.1 Å². The van der Waals surface area contributed by atoms with Crippen LogP contribution in [0.15, 0.2) is 24.3 Å². The lowest BCUT2D eigenvalue weighted by Gasteiger charge is -2.33. The summed E-state index contributed by atoms with van der Waals surface area (Å²) in [7, 11) is 0. The predicted octanol–water partition coefficient (Wildman–Crippen LogP) is 2.68. The fraction of sp³-hybridized carbons (Fsp3) is 0.588. The van der Waals surface area contributed by atoms with E-state index in [1.165, 1.54) is 18.6 Å². The van der Waals surface area contributed by atoms with Gasteiger partial charge in [0, 0.05) is 30.8 Å². The maximum Gasteiger partial charge on any atom is 0.269 e. The van der Waals surface area contributed by atoms with Crippen LogP contribution in [0.1, 0.15) is 39.2 Å². The van der Waals surface area contributed by atoms with Crippen LogP contribution in [0.3, 0.4) is 0 Å². The molecule has 0 aromatic heterocycles. The maximum absolute atomic E-state index is 12.3. The molecule has 1 N–H and O–H groups in total. The summed E-state index contributed by atoms with van der Waals surface area (Å²) in [5.41, 5.74) is 0.567. The van der Waals surface area contributed by atoms with Gasteiger partial charge in [0.05, 0.1) is 11.5 Å². The number of hydrogen-bond donors (Lipinski definition) is 1. The second-order valence-corrected chi connectivity index (χ2v) is 6.87. The Morgan fingerprint density at radius 3 is 2.61 bits per heavy atom. The molecule has 0 aliphatic carbocycles. The highest BCUT2D eigenvalue weighted by Crippen LogP contribution is 2.23. The number of benzene rings is 1. The number of nitro groups is 1. The lowest BCUT2D eigenvalue weighted by molar-refractivity contribution is -0.384. The van der Waals surface area contributed by atoms with Crippen LogP contribution in [0.5, 0.6) is 0 Å². The largest absolute Gasteiger partial charge is 0.341 e. The Bertz CT molecular complexity index is 569. The molecule has 6 nitrogen and oxygen atoms in total. The van der Waals surface area contributed by atoms with E-state index in [1.54, 1.807) is 12.1 Å². The number of rotatable bonds is 5. The number of piperidine rings is 1. The monoisotopic (exact) mass is 319 g/mol. The van der Waals surface area contributed by atoms with Gasteiger partial charge in [0.25, 0.3) is 5.69 Å². The van der Waals surface area contributed by atoms with Gasteiger partial charge in [0.1, 0.15) is 0 Å². The highest BCUT2D eigenvalue weighted by atomic mass is 16.6. The minimum absolute atomic E-state index is 0.0722. The number of likely N-dealkylation sites (tertiary alicyclic amines) is 1. The van der Waals surface area contributed by atoms with Crippen LogP contribution in [0.25, 0.3) is 0 Å². The summed E-state index contributed by atoms with van der Waals surface area (Å²) in [6, 6.07) is 6.46. The molecule has 1 heterocycles. The molecule has 6 heteroatoms. The Labute approximate surface area is 137 Å². The minimum atomic E-state index is -0.424. The summed E-state index contributed by atoms with van der Waals surface area (Å²) in [5.74, 6) is 0.682. The minimum Gasteiger partial charge on any atom is -0.341 e. The van der Waals surface area contributed by atoms with Crippen molar-refractivity contribution in [3.05, 3.63) is 39.9 Å². The van der Waals surface area contributed by atoms with Crippen molar-refractivity contribution in [1.29, 1.82) is 0 Å². The zero-order chi connectivity index (χ0) is 17.0. The number of nitrogens with one attached hydrogen (secondary N) is 1. The molecule has 1 amide bonds. The van der Waals surface area contributed by atoms with Crippen molar-refractivity contribution in [2.45, 2.75) is 39.2 Å². The normalized spacial score (nSPS) is 18.7.